The molecule has 0 aliphatic heterocycles. The molecule has 0 saturated carbocycles. The van der Waals surface area contributed by atoms with Gasteiger partial charge < -0.3 is 28.0 Å². The van der Waals surface area contributed by atoms with E-state index in [-0.39, 0.29) is 19.6 Å². The summed E-state index contributed by atoms with van der Waals surface area (Å²) in [5, 5.41) is 0. The molecule has 0 radical (unpaired) electrons. The largest absolute Gasteiger partial charge is 0.493 e. The second-order valence-corrected chi connectivity index (χ2v) is 7.37. The molecule has 1 rings (SSSR count). The van der Waals surface area contributed by atoms with Crippen LogP contribution in [0.4, 0.5) is 0 Å². The first-order chi connectivity index (χ1) is 12.4. The molecule has 1 aromatic rings. The van der Waals surface area contributed by atoms with Crippen molar-refractivity contribution in [3.05, 3.63) is 17.7 Å². The van der Waals surface area contributed by atoms with Gasteiger partial charge in [-0.25, -0.2) is 0 Å². The van der Waals surface area contributed by atoms with E-state index in [0.29, 0.717) is 22.8 Å². The molecule has 0 amide bonds. The second-order valence-electron chi connectivity index (χ2n) is 5.15. The summed E-state index contributed by atoms with van der Waals surface area (Å²) in [6.45, 7) is 3.64. The Morgan fingerprint density at radius 2 is 1.46 bits per heavy atom. The molecular formula is C17H27O8P. The Kier molecular flexibility index (Phi) is 8.92. The van der Waals surface area contributed by atoms with Crippen molar-refractivity contribution in [1.82, 2.24) is 0 Å². The first-order valence-corrected chi connectivity index (χ1v) is 9.77. The van der Waals surface area contributed by atoms with Crippen LogP contribution in [0.25, 0.3) is 0 Å². The minimum atomic E-state index is -3.72. The number of esters is 1. The van der Waals surface area contributed by atoms with Gasteiger partial charge in [-0.15, -0.1) is 0 Å². The molecule has 0 aliphatic carbocycles. The molecule has 0 saturated heterocycles. The smallest absolute Gasteiger partial charge is 0.345 e. The summed E-state index contributed by atoms with van der Waals surface area (Å²) < 4.78 is 44.5. The van der Waals surface area contributed by atoms with Crippen molar-refractivity contribution in [2.24, 2.45) is 0 Å². The lowest BCUT2D eigenvalue weighted by Crippen LogP contribution is -2.27. The number of methoxy groups -OCH3 is 4. The van der Waals surface area contributed by atoms with Gasteiger partial charge in [0.25, 0.3) is 0 Å². The predicted molar refractivity (Wildman–Crippen MR) is 96.5 cm³/mol. The Balaban J connectivity index is 3.35. The average molecular weight is 390 g/mol. The van der Waals surface area contributed by atoms with Crippen LogP contribution in [0.15, 0.2) is 12.1 Å². The van der Waals surface area contributed by atoms with E-state index in [4.69, 9.17) is 28.0 Å². The minimum Gasteiger partial charge on any atom is -0.493 e. The maximum atomic E-state index is 13.1. The van der Waals surface area contributed by atoms with Crippen LogP contribution >= 0.6 is 7.60 Å². The Labute approximate surface area is 154 Å². The number of hydrogen-bond acceptors (Lipinski definition) is 8. The van der Waals surface area contributed by atoms with Crippen molar-refractivity contribution in [3.63, 3.8) is 0 Å². The van der Waals surface area contributed by atoms with Gasteiger partial charge in [-0.2, -0.15) is 0 Å². The molecule has 0 aromatic heterocycles. The summed E-state index contributed by atoms with van der Waals surface area (Å²) in [4.78, 5) is 12.3. The number of ether oxygens (including phenoxy) is 4. The van der Waals surface area contributed by atoms with Crippen LogP contribution in [-0.2, 0) is 29.6 Å². The average Bonchev–Trinajstić information content (AvgIpc) is 2.64. The molecular weight excluding hydrogens is 363 g/mol. The van der Waals surface area contributed by atoms with Gasteiger partial charge in [0.15, 0.2) is 17.2 Å². The highest BCUT2D eigenvalue weighted by molar-refractivity contribution is 7.55. The molecule has 0 N–H and O–H groups in total. The van der Waals surface area contributed by atoms with Crippen molar-refractivity contribution in [1.29, 1.82) is 0 Å². The van der Waals surface area contributed by atoms with Gasteiger partial charge in [0.2, 0.25) is 5.75 Å². The summed E-state index contributed by atoms with van der Waals surface area (Å²) in [5.74, 6) is 0.594. The molecule has 0 spiro atoms. The minimum absolute atomic E-state index is 0.0562. The van der Waals surface area contributed by atoms with Crippen LogP contribution < -0.4 is 14.2 Å². The molecule has 0 fully saturated rings. The van der Waals surface area contributed by atoms with E-state index in [1.165, 1.54) is 28.4 Å². The van der Waals surface area contributed by atoms with Gasteiger partial charge in [0.1, 0.15) is 0 Å². The fourth-order valence-corrected chi connectivity index (χ4v) is 4.47. The Hall–Kier alpha value is -1.76. The maximum Gasteiger partial charge on any atom is 0.345 e. The van der Waals surface area contributed by atoms with Gasteiger partial charge >= 0.3 is 13.6 Å². The first-order valence-electron chi connectivity index (χ1n) is 8.16. The molecule has 0 aliphatic rings. The highest BCUT2D eigenvalue weighted by Gasteiger charge is 2.42. The Morgan fingerprint density at radius 1 is 0.962 bits per heavy atom. The zero-order valence-corrected chi connectivity index (χ0v) is 17.0. The molecule has 1 atom stereocenters. The van der Waals surface area contributed by atoms with Crippen molar-refractivity contribution < 1.29 is 37.4 Å². The summed E-state index contributed by atoms with van der Waals surface area (Å²) in [5.41, 5.74) is -0.482. The summed E-state index contributed by atoms with van der Waals surface area (Å²) >= 11 is 0. The lowest BCUT2D eigenvalue weighted by molar-refractivity contribution is -0.140. The van der Waals surface area contributed by atoms with Crippen molar-refractivity contribution in [3.8, 4) is 17.2 Å². The molecule has 1 aromatic carbocycles. The third-order valence-electron chi connectivity index (χ3n) is 3.63. The maximum absolute atomic E-state index is 13.1. The second kappa shape index (κ2) is 10.4. The number of hydrogen-bond donors (Lipinski definition) is 0. The number of carbonyl (C=O) groups is 1. The highest BCUT2D eigenvalue weighted by Crippen LogP contribution is 2.54. The predicted octanol–water partition coefficient (Wildman–Crippen LogP) is 3.06. The van der Waals surface area contributed by atoms with Gasteiger partial charge in [0, 0.05) is 0 Å². The molecule has 0 bridgehead atoms. The quantitative estimate of drug-likeness (QED) is 0.421. The number of carbonyl (C=O) groups excluding carboxylic acids is 1. The number of benzene rings is 1. The number of rotatable bonds is 11. The standard InChI is InChI=1S/C17H27O8P/c1-7-24-26(19,25-8-2)15(17(18)23-6)11-12-9-13(20-3)16(22-5)14(10-12)21-4/h9-10,15H,7-8,11H2,1-6H3. The molecule has 0 heterocycles. The third-order valence-corrected chi connectivity index (χ3v) is 6.02. The first kappa shape index (κ1) is 22.3. The lowest BCUT2D eigenvalue weighted by Gasteiger charge is -2.25. The molecule has 26 heavy (non-hydrogen) atoms. The molecule has 9 heteroatoms. The van der Waals surface area contributed by atoms with Crippen molar-refractivity contribution in [2.75, 3.05) is 41.7 Å². The molecule has 1 unspecified atom stereocenters. The Morgan fingerprint density at radius 3 is 1.81 bits per heavy atom. The van der Waals surface area contributed by atoms with Crippen LogP contribution in [0, 0.1) is 0 Å². The van der Waals surface area contributed by atoms with E-state index in [9.17, 15) is 9.36 Å². The summed E-state index contributed by atoms with van der Waals surface area (Å²) in [6, 6.07) is 3.36. The van der Waals surface area contributed by atoms with E-state index in [1.807, 2.05) is 0 Å². The lowest BCUT2D eigenvalue weighted by atomic mass is 10.1. The van der Waals surface area contributed by atoms with Crippen LogP contribution in [-0.4, -0.2) is 53.3 Å². The zero-order chi connectivity index (χ0) is 19.7. The van der Waals surface area contributed by atoms with Crippen molar-refractivity contribution >= 4 is 13.6 Å². The topological polar surface area (TPSA) is 89.5 Å². The van der Waals surface area contributed by atoms with E-state index >= 15 is 0 Å². The molecule has 148 valence electrons. The summed E-state index contributed by atoms with van der Waals surface area (Å²) in [7, 11) is 1.98. The van der Waals surface area contributed by atoms with Gasteiger partial charge in [-0.3, -0.25) is 9.36 Å². The Bertz CT molecular complexity index is 611. The zero-order valence-electron chi connectivity index (χ0n) is 16.1. The normalized spacial score (nSPS) is 12.4. The van der Waals surface area contributed by atoms with E-state index in [2.05, 4.69) is 0 Å². The van der Waals surface area contributed by atoms with Crippen LogP contribution in [0.5, 0.6) is 17.2 Å². The van der Waals surface area contributed by atoms with Crippen LogP contribution in [0.1, 0.15) is 19.4 Å². The van der Waals surface area contributed by atoms with Gasteiger partial charge in [-0.05, 0) is 38.0 Å². The summed E-state index contributed by atoms with van der Waals surface area (Å²) in [6.07, 6.45) is 0.0562. The highest BCUT2D eigenvalue weighted by atomic mass is 31.2. The van der Waals surface area contributed by atoms with E-state index in [0.717, 1.165) is 0 Å². The monoisotopic (exact) mass is 390 g/mol. The SMILES string of the molecule is CCOP(=O)(OCC)C(Cc1cc(OC)c(OC)c(OC)c1)C(=O)OC. The third kappa shape index (κ3) is 5.13. The molecule has 8 nitrogen and oxygen atoms in total. The van der Waals surface area contributed by atoms with E-state index < -0.39 is 19.2 Å². The van der Waals surface area contributed by atoms with Gasteiger partial charge in [-0.1, -0.05) is 0 Å². The fourth-order valence-electron chi connectivity index (χ4n) is 2.51. The van der Waals surface area contributed by atoms with Crippen molar-refractivity contribution in [2.45, 2.75) is 25.9 Å². The fraction of sp³-hybridized carbons (Fsp3) is 0.588. The van der Waals surface area contributed by atoms with Gasteiger partial charge in [0.05, 0.1) is 41.7 Å². The van der Waals surface area contributed by atoms with Crippen LogP contribution in [0.3, 0.4) is 0 Å². The van der Waals surface area contributed by atoms with Crippen LogP contribution in [0.2, 0.25) is 0 Å². The van der Waals surface area contributed by atoms with E-state index in [1.54, 1.807) is 26.0 Å².